The van der Waals surface area contributed by atoms with Crippen molar-refractivity contribution in [1.29, 1.82) is 0 Å². The van der Waals surface area contributed by atoms with Gasteiger partial charge in [-0.1, -0.05) is 0 Å². The fourth-order valence-corrected chi connectivity index (χ4v) is 2.00. The van der Waals surface area contributed by atoms with E-state index in [-0.39, 0.29) is 0 Å². The highest BCUT2D eigenvalue weighted by Crippen LogP contribution is 2.13. The maximum Gasteiger partial charge on any atom is 0.0903 e. The van der Waals surface area contributed by atoms with Crippen LogP contribution in [0.25, 0.3) is 0 Å². The number of nitrogens with zero attached hydrogens (tertiary/aromatic N) is 2. The standard InChI is InChI=1S/C12H19N3O/c1-2-11(8-13-4-1)3-7-16-10-12-9-14-5-6-15-12/h5-6,9,11,13H,1-4,7-8,10H2/t11-/m0/s1. The maximum atomic E-state index is 5.59. The SMILES string of the molecule is c1cnc(COCC[C@@H]2CCCNC2)cn1. The summed E-state index contributed by atoms with van der Waals surface area (Å²) in [6, 6.07) is 0. The lowest BCUT2D eigenvalue weighted by Gasteiger charge is -2.22. The van der Waals surface area contributed by atoms with Gasteiger partial charge in [-0.25, -0.2) is 0 Å². The molecule has 1 saturated heterocycles. The summed E-state index contributed by atoms with van der Waals surface area (Å²) in [7, 11) is 0. The van der Waals surface area contributed by atoms with Gasteiger partial charge in [-0.15, -0.1) is 0 Å². The Balaban J connectivity index is 1.58. The second kappa shape index (κ2) is 6.55. The molecule has 16 heavy (non-hydrogen) atoms. The minimum absolute atomic E-state index is 0.577. The number of nitrogens with one attached hydrogen (secondary N) is 1. The van der Waals surface area contributed by atoms with Gasteiger partial charge in [-0.05, 0) is 38.3 Å². The summed E-state index contributed by atoms with van der Waals surface area (Å²) < 4.78 is 5.59. The number of hydrogen-bond acceptors (Lipinski definition) is 4. The van der Waals surface area contributed by atoms with Crippen LogP contribution in [0.3, 0.4) is 0 Å². The Labute approximate surface area is 96.4 Å². The van der Waals surface area contributed by atoms with Crippen molar-refractivity contribution in [2.24, 2.45) is 5.92 Å². The van der Waals surface area contributed by atoms with Crippen LogP contribution in [0.5, 0.6) is 0 Å². The highest BCUT2D eigenvalue weighted by molar-refractivity contribution is 4.91. The molecule has 0 aliphatic carbocycles. The predicted octanol–water partition coefficient (Wildman–Crippen LogP) is 1.38. The number of rotatable bonds is 5. The largest absolute Gasteiger partial charge is 0.375 e. The third-order valence-corrected chi connectivity index (χ3v) is 2.94. The van der Waals surface area contributed by atoms with Crippen molar-refractivity contribution >= 4 is 0 Å². The van der Waals surface area contributed by atoms with Crippen molar-refractivity contribution in [3.05, 3.63) is 24.3 Å². The summed E-state index contributed by atoms with van der Waals surface area (Å²) >= 11 is 0. The zero-order chi connectivity index (χ0) is 11.1. The van der Waals surface area contributed by atoms with Gasteiger partial charge in [-0.2, -0.15) is 0 Å². The third kappa shape index (κ3) is 3.87. The van der Waals surface area contributed by atoms with E-state index in [1.54, 1.807) is 18.6 Å². The molecule has 2 heterocycles. The van der Waals surface area contributed by atoms with Crippen LogP contribution < -0.4 is 5.32 Å². The summed E-state index contributed by atoms with van der Waals surface area (Å²) in [5.74, 6) is 0.788. The van der Waals surface area contributed by atoms with Gasteiger partial charge in [0.05, 0.1) is 18.5 Å². The number of aromatic nitrogens is 2. The summed E-state index contributed by atoms with van der Waals surface area (Å²) in [4.78, 5) is 8.16. The molecule has 0 unspecified atom stereocenters. The highest BCUT2D eigenvalue weighted by Gasteiger charge is 2.12. The average molecular weight is 221 g/mol. The maximum absolute atomic E-state index is 5.59. The van der Waals surface area contributed by atoms with Gasteiger partial charge < -0.3 is 10.1 Å². The van der Waals surface area contributed by atoms with E-state index in [2.05, 4.69) is 15.3 Å². The van der Waals surface area contributed by atoms with E-state index in [9.17, 15) is 0 Å². The quantitative estimate of drug-likeness (QED) is 0.763. The Morgan fingerprint density at radius 2 is 2.44 bits per heavy atom. The molecule has 0 amide bonds. The molecule has 0 spiro atoms. The van der Waals surface area contributed by atoms with E-state index in [1.807, 2.05) is 0 Å². The molecule has 1 aromatic rings. The van der Waals surface area contributed by atoms with Gasteiger partial charge in [0.25, 0.3) is 0 Å². The molecule has 88 valence electrons. The smallest absolute Gasteiger partial charge is 0.0903 e. The number of hydrogen-bond donors (Lipinski definition) is 1. The lowest BCUT2D eigenvalue weighted by Crippen LogP contribution is -2.30. The van der Waals surface area contributed by atoms with Crippen molar-refractivity contribution in [2.45, 2.75) is 25.9 Å². The zero-order valence-corrected chi connectivity index (χ0v) is 9.56. The lowest BCUT2D eigenvalue weighted by molar-refractivity contribution is 0.101. The van der Waals surface area contributed by atoms with Crippen molar-refractivity contribution in [1.82, 2.24) is 15.3 Å². The molecule has 4 heteroatoms. The Morgan fingerprint density at radius 3 is 3.19 bits per heavy atom. The first-order valence-corrected chi connectivity index (χ1v) is 5.98. The summed E-state index contributed by atoms with van der Waals surface area (Å²) in [6.07, 6.45) is 8.91. The van der Waals surface area contributed by atoms with E-state index in [0.717, 1.165) is 31.2 Å². The van der Waals surface area contributed by atoms with Crippen LogP contribution in [0.15, 0.2) is 18.6 Å². The normalized spacial score (nSPS) is 20.9. The predicted molar refractivity (Wildman–Crippen MR) is 61.9 cm³/mol. The fourth-order valence-electron chi connectivity index (χ4n) is 2.00. The monoisotopic (exact) mass is 221 g/mol. The van der Waals surface area contributed by atoms with Crippen LogP contribution in [-0.2, 0) is 11.3 Å². The Hall–Kier alpha value is -1.00. The molecule has 2 rings (SSSR count). The van der Waals surface area contributed by atoms with Gasteiger partial charge in [0.1, 0.15) is 0 Å². The molecule has 4 nitrogen and oxygen atoms in total. The topological polar surface area (TPSA) is 47.0 Å². The highest BCUT2D eigenvalue weighted by atomic mass is 16.5. The molecule has 1 aromatic heterocycles. The molecule has 1 aliphatic rings. The lowest BCUT2D eigenvalue weighted by atomic mass is 9.97. The second-order valence-electron chi connectivity index (χ2n) is 4.25. The van der Waals surface area contributed by atoms with Gasteiger partial charge >= 0.3 is 0 Å². The van der Waals surface area contributed by atoms with Crippen LogP contribution in [0, 0.1) is 5.92 Å². The third-order valence-electron chi connectivity index (χ3n) is 2.94. The minimum Gasteiger partial charge on any atom is -0.375 e. The first-order valence-electron chi connectivity index (χ1n) is 5.98. The van der Waals surface area contributed by atoms with E-state index < -0.39 is 0 Å². The second-order valence-corrected chi connectivity index (χ2v) is 4.25. The van der Waals surface area contributed by atoms with Gasteiger partial charge in [0.15, 0.2) is 0 Å². The minimum atomic E-state index is 0.577. The zero-order valence-electron chi connectivity index (χ0n) is 9.56. The van der Waals surface area contributed by atoms with Crippen LogP contribution in [0.2, 0.25) is 0 Å². The molecule has 1 aliphatic heterocycles. The first-order chi connectivity index (χ1) is 7.95. The van der Waals surface area contributed by atoms with Crippen molar-refractivity contribution in [3.63, 3.8) is 0 Å². The van der Waals surface area contributed by atoms with E-state index >= 15 is 0 Å². The van der Waals surface area contributed by atoms with Gasteiger partial charge in [0, 0.05) is 19.0 Å². The van der Waals surface area contributed by atoms with E-state index in [4.69, 9.17) is 4.74 Å². The molecular formula is C12H19N3O. The molecule has 0 bridgehead atoms. The van der Waals surface area contributed by atoms with Crippen molar-refractivity contribution < 1.29 is 4.74 Å². The molecule has 0 saturated carbocycles. The first kappa shape index (κ1) is 11.5. The summed E-state index contributed by atoms with van der Waals surface area (Å²) in [6.45, 7) is 3.72. The van der Waals surface area contributed by atoms with E-state index in [0.29, 0.717) is 6.61 Å². The van der Waals surface area contributed by atoms with Crippen LogP contribution in [-0.4, -0.2) is 29.7 Å². The molecule has 1 N–H and O–H groups in total. The van der Waals surface area contributed by atoms with Gasteiger partial charge in [-0.3, -0.25) is 9.97 Å². The van der Waals surface area contributed by atoms with Crippen molar-refractivity contribution in [3.8, 4) is 0 Å². The van der Waals surface area contributed by atoms with Crippen LogP contribution in [0.4, 0.5) is 0 Å². The van der Waals surface area contributed by atoms with Crippen LogP contribution >= 0.6 is 0 Å². The molecule has 1 fully saturated rings. The van der Waals surface area contributed by atoms with E-state index in [1.165, 1.54) is 19.4 Å². The molecular weight excluding hydrogens is 202 g/mol. The molecule has 0 radical (unpaired) electrons. The average Bonchev–Trinajstić information content (AvgIpc) is 2.37. The van der Waals surface area contributed by atoms with Gasteiger partial charge in [0.2, 0.25) is 0 Å². The molecule has 0 aromatic carbocycles. The Morgan fingerprint density at radius 1 is 1.44 bits per heavy atom. The Kier molecular flexibility index (Phi) is 4.70. The summed E-state index contributed by atoms with van der Waals surface area (Å²) in [5, 5.41) is 3.42. The molecule has 1 atom stereocenters. The van der Waals surface area contributed by atoms with Crippen LogP contribution in [0.1, 0.15) is 25.0 Å². The fraction of sp³-hybridized carbons (Fsp3) is 0.667. The summed E-state index contributed by atoms with van der Waals surface area (Å²) in [5.41, 5.74) is 0.907. The number of piperidine rings is 1. The Bertz CT molecular complexity index is 286. The van der Waals surface area contributed by atoms with Crippen molar-refractivity contribution in [2.75, 3.05) is 19.7 Å². The number of ether oxygens (including phenoxy) is 1.